The van der Waals surface area contributed by atoms with E-state index in [1.54, 1.807) is 0 Å². The molecule has 4 aliphatic heterocycles. The van der Waals surface area contributed by atoms with Crippen LogP contribution in [0.2, 0.25) is 0 Å². The van der Waals surface area contributed by atoms with Crippen LogP contribution in [-0.4, -0.2) is 145 Å². The highest BCUT2D eigenvalue weighted by Gasteiger charge is 2.76. The van der Waals surface area contributed by atoms with Crippen molar-refractivity contribution in [2.75, 3.05) is 13.2 Å². The molecule has 14 heteroatoms. The molecule has 0 unspecified atom stereocenters. The minimum atomic E-state index is -1.68. The van der Waals surface area contributed by atoms with Crippen LogP contribution in [0.15, 0.2) is 11.6 Å². The van der Waals surface area contributed by atoms with Crippen molar-refractivity contribution in [1.29, 1.82) is 0 Å². The second-order valence-electron chi connectivity index (χ2n) is 18.1. The van der Waals surface area contributed by atoms with E-state index >= 15 is 0 Å². The standard InChI is InChI=1S/C38H60O14/c1-16-8-11-37(48-14-16)18(3)38(46)25(52-37)13-22-20-7-6-19-12-23(39)28(43)32(36(19,5)21(20)9-10-35(22,38)4)51-34-31(27(42)24(40)15-47-34)50-33-30(45)29(44)26(41)17(2)49-33/h6,16-18,20-34,39-46H,7-15H2,1-5H3/t16-,17+,18-,20-,21+,22+,23-,24-,25+,26+,27+,28+,29-,30-,31-,32-,33+,34+,35+,36+,37-,38-/m1/s1. The summed E-state index contributed by atoms with van der Waals surface area (Å²) >= 11 is 0. The molecule has 0 amide bonds. The lowest BCUT2D eigenvalue weighted by atomic mass is 9.45. The van der Waals surface area contributed by atoms with E-state index in [9.17, 15) is 40.9 Å². The Balaban J connectivity index is 1.07. The quantitative estimate of drug-likeness (QED) is 0.179. The molecule has 0 aromatic heterocycles. The average Bonchev–Trinajstić information content (AvgIpc) is 3.47. The Morgan fingerprint density at radius 2 is 1.54 bits per heavy atom. The van der Waals surface area contributed by atoms with Crippen LogP contribution in [0.25, 0.3) is 0 Å². The number of fused-ring (bicyclic) bond motifs is 7. The maximum atomic E-state index is 12.8. The van der Waals surface area contributed by atoms with Gasteiger partial charge in [-0.1, -0.05) is 39.3 Å². The van der Waals surface area contributed by atoms with Crippen molar-refractivity contribution in [2.45, 2.75) is 171 Å². The highest BCUT2D eigenvalue weighted by atomic mass is 16.8. The van der Waals surface area contributed by atoms with Gasteiger partial charge in [0.05, 0.1) is 37.6 Å². The fourth-order valence-electron chi connectivity index (χ4n) is 12.3. The van der Waals surface area contributed by atoms with E-state index in [4.69, 9.17) is 28.4 Å². The maximum Gasteiger partial charge on any atom is 0.187 e. The molecule has 3 saturated carbocycles. The molecule has 14 nitrogen and oxygen atoms in total. The van der Waals surface area contributed by atoms with Crippen LogP contribution in [0.3, 0.4) is 0 Å². The maximum absolute atomic E-state index is 12.8. The van der Waals surface area contributed by atoms with E-state index in [1.807, 2.05) is 0 Å². The molecule has 8 aliphatic rings. The van der Waals surface area contributed by atoms with Crippen LogP contribution in [-0.2, 0) is 28.4 Å². The van der Waals surface area contributed by atoms with Crippen LogP contribution in [0, 0.1) is 40.4 Å². The summed E-state index contributed by atoms with van der Waals surface area (Å²) in [5, 5.41) is 88.7. The van der Waals surface area contributed by atoms with Gasteiger partial charge in [-0.3, -0.25) is 0 Å². The molecule has 0 aromatic carbocycles. The Bertz CT molecular complexity index is 1370. The molecular weight excluding hydrogens is 680 g/mol. The lowest BCUT2D eigenvalue weighted by Gasteiger charge is -2.62. The number of aliphatic hydroxyl groups is 8. The van der Waals surface area contributed by atoms with Crippen molar-refractivity contribution in [3.05, 3.63) is 11.6 Å². The Morgan fingerprint density at radius 1 is 0.788 bits per heavy atom. The largest absolute Gasteiger partial charge is 0.390 e. The van der Waals surface area contributed by atoms with E-state index in [1.165, 1.54) is 6.92 Å². The van der Waals surface area contributed by atoms with E-state index in [-0.39, 0.29) is 42.8 Å². The number of hydrogen-bond donors (Lipinski definition) is 8. The van der Waals surface area contributed by atoms with Crippen molar-refractivity contribution in [2.24, 2.45) is 40.4 Å². The molecule has 4 heterocycles. The summed E-state index contributed by atoms with van der Waals surface area (Å²) in [6.07, 6.45) is -9.61. The first-order valence-corrected chi connectivity index (χ1v) is 19.6. The second kappa shape index (κ2) is 13.1. The summed E-state index contributed by atoms with van der Waals surface area (Å²) in [5.41, 5.74) is -1.34. The molecule has 52 heavy (non-hydrogen) atoms. The summed E-state index contributed by atoms with van der Waals surface area (Å²) in [4.78, 5) is 0. The molecule has 296 valence electrons. The number of ether oxygens (including phenoxy) is 6. The number of hydrogen-bond acceptors (Lipinski definition) is 14. The molecule has 0 aromatic rings. The lowest BCUT2D eigenvalue weighted by molar-refractivity contribution is -0.366. The van der Waals surface area contributed by atoms with Crippen LogP contribution in [0.4, 0.5) is 0 Å². The molecule has 1 spiro atoms. The Morgan fingerprint density at radius 3 is 2.25 bits per heavy atom. The zero-order valence-electron chi connectivity index (χ0n) is 30.9. The van der Waals surface area contributed by atoms with Gasteiger partial charge in [0.15, 0.2) is 18.4 Å². The van der Waals surface area contributed by atoms with Gasteiger partial charge in [-0.05, 0) is 69.1 Å². The summed E-state index contributed by atoms with van der Waals surface area (Å²) in [5.74, 6) is -0.326. The highest BCUT2D eigenvalue weighted by molar-refractivity contribution is 5.31. The molecular formula is C38H60O14. The molecule has 22 atom stereocenters. The van der Waals surface area contributed by atoms with E-state index in [0.29, 0.717) is 18.9 Å². The molecule has 7 fully saturated rings. The van der Waals surface area contributed by atoms with Gasteiger partial charge < -0.3 is 69.3 Å². The summed E-state index contributed by atoms with van der Waals surface area (Å²) in [6, 6.07) is 0. The van der Waals surface area contributed by atoms with E-state index in [0.717, 1.165) is 37.7 Å². The zero-order valence-corrected chi connectivity index (χ0v) is 30.9. The summed E-state index contributed by atoms with van der Waals surface area (Å²) in [6.45, 7) is 10.4. The third kappa shape index (κ3) is 5.27. The Labute approximate surface area is 305 Å². The molecule has 4 aliphatic carbocycles. The number of aliphatic hydroxyl groups excluding tert-OH is 7. The van der Waals surface area contributed by atoms with Gasteiger partial charge in [0.2, 0.25) is 0 Å². The van der Waals surface area contributed by atoms with Gasteiger partial charge >= 0.3 is 0 Å². The van der Waals surface area contributed by atoms with Gasteiger partial charge in [0, 0.05) is 23.2 Å². The minimum Gasteiger partial charge on any atom is -0.390 e. The van der Waals surface area contributed by atoms with Crippen molar-refractivity contribution < 1.29 is 69.3 Å². The van der Waals surface area contributed by atoms with Gasteiger partial charge in [-0.2, -0.15) is 0 Å². The van der Waals surface area contributed by atoms with Gasteiger partial charge in [0.25, 0.3) is 0 Å². The van der Waals surface area contributed by atoms with Crippen molar-refractivity contribution in [3.63, 3.8) is 0 Å². The van der Waals surface area contributed by atoms with Crippen molar-refractivity contribution >= 4 is 0 Å². The van der Waals surface area contributed by atoms with Gasteiger partial charge in [0.1, 0.15) is 48.3 Å². The number of rotatable bonds is 4. The predicted octanol–water partition coefficient (Wildman–Crippen LogP) is 0.0855. The van der Waals surface area contributed by atoms with Crippen molar-refractivity contribution in [3.8, 4) is 0 Å². The normalized spacial score (nSPS) is 60.4. The van der Waals surface area contributed by atoms with Crippen molar-refractivity contribution in [1.82, 2.24) is 0 Å². The van der Waals surface area contributed by atoms with Gasteiger partial charge in [-0.25, -0.2) is 0 Å². The third-order valence-corrected chi connectivity index (χ3v) is 15.6. The Kier molecular flexibility index (Phi) is 9.61. The SMILES string of the molecule is C[C@@H]1CC[C@@]2(OC1)O[C@H]1C[C@H]3[C@@H]4CC=C5C[C@@H](O)[C@H](O)[C@@H](O[C@@H]6OC[C@@H](O)[C@H](O)[C@H]6O[C@@H]6O[C@@H](C)[C@H](O)[C@@H](O)[C@H]6O)[C@]5(C)[C@H]4CC[C@]3(C)[C@@]1(O)[C@@H]2C. The van der Waals surface area contributed by atoms with E-state index in [2.05, 4.69) is 33.8 Å². The molecule has 0 radical (unpaired) electrons. The zero-order chi connectivity index (χ0) is 37.3. The fraction of sp³-hybridized carbons (Fsp3) is 0.947. The van der Waals surface area contributed by atoms with Crippen LogP contribution in [0.1, 0.15) is 79.6 Å². The van der Waals surface area contributed by atoms with Gasteiger partial charge in [-0.15, -0.1) is 0 Å². The molecule has 8 rings (SSSR count). The first-order chi connectivity index (χ1) is 24.5. The summed E-state index contributed by atoms with van der Waals surface area (Å²) in [7, 11) is 0. The molecule has 4 saturated heterocycles. The fourth-order valence-corrected chi connectivity index (χ4v) is 12.3. The number of allylic oxidation sites excluding steroid dienone is 1. The van der Waals surface area contributed by atoms with E-state index < -0.39 is 95.8 Å². The molecule has 8 N–H and O–H groups in total. The van der Waals surface area contributed by atoms with Crippen LogP contribution < -0.4 is 0 Å². The molecule has 0 bridgehead atoms. The highest BCUT2D eigenvalue weighted by Crippen LogP contribution is 2.72. The lowest BCUT2D eigenvalue weighted by Crippen LogP contribution is -2.66. The predicted molar refractivity (Wildman–Crippen MR) is 180 cm³/mol. The first kappa shape index (κ1) is 38.1. The van der Waals surface area contributed by atoms with Crippen LogP contribution >= 0.6 is 0 Å². The second-order valence-corrected chi connectivity index (χ2v) is 18.1. The smallest absolute Gasteiger partial charge is 0.187 e. The monoisotopic (exact) mass is 740 g/mol. The average molecular weight is 741 g/mol. The van der Waals surface area contributed by atoms with Crippen LogP contribution in [0.5, 0.6) is 0 Å². The third-order valence-electron chi connectivity index (χ3n) is 15.6. The first-order valence-electron chi connectivity index (χ1n) is 19.6. The topological polar surface area (TPSA) is 217 Å². The Hall–Kier alpha value is -0.820. The summed E-state index contributed by atoms with van der Waals surface area (Å²) < 4.78 is 37.4. The minimum absolute atomic E-state index is 0.00402.